The lowest BCUT2D eigenvalue weighted by atomic mass is 10.2. The Bertz CT molecular complexity index is 970. The predicted molar refractivity (Wildman–Crippen MR) is 121 cm³/mol. The van der Waals surface area contributed by atoms with Crippen LogP contribution in [0.5, 0.6) is 0 Å². The SMILES string of the molecule is CC(=O)N1CCN(C(=O)CCNC(=O)C=Cc2cc(C)n(-c3ccccc3)c2C)CC1. The smallest absolute Gasteiger partial charge is 0.244 e. The molecule has 1 fully saturated rings. The lowest BCUT2D eigenvalue weighted by Gasteiger charge is -2.34. The molecule has 0 spiro atoms. The number of hydrogen-bond acceptors (Lipinski definition) is 3. The summed E-state index contributed by atoms with van der Waals surface area (Å²) in [6, 6.07) is 12.1. The third-order valence-corrected chi connectivity index (χ3v) is 5.61. The van der Waals surface area contributed by atoms with Crippen LogP contribution in [0.1, 0.15) is 30.3 Å². The summed E-state index contributed by atoms with van der Waals surface area (Å²) >= 11 is 0. The number of rotatable bonds is 6. The number of hydrogen-bond donors (Lipinski definition) is 1. The van der Waals surface area contributed by atoms with Crippen LogP contribution in [0, 0.1) is 13.8 Å². The Morgan fingerprint density at radius 1 is 1.00 bits per heavy atom. The van der Waals surface area contributed by atoms with Gasteiger partial charge in [-0.3, -0.25) is 14.4 Å². The van der Waals surface area contributed by atoms with E-state index < -0.39 is 0 Å². The minimum absolute atomic E-state index is 0.00103. The zero-order valence-corrected chi connectivity index (χ0v) is 18.4. The van der Waals surface area contributed by atoms with E-state index in [-0.39, 0.29) is 30.7 Å². The Kier molecular flexibility index (Phi) is 7.28. The standard InChI is InChI=1S/C24H30N4O3/c1-18-17-21(19(2)28(18)22-7-5-4-6-8-22)9-10-23(30)25-12-11-24(31)27-15-13-26(14-16-27)20(3)29/h4-10,17H,11-16H2,1-3H3,(H,25,30). The first-order valence-electron chi connectivity index (χ1n) is 10.6. The highest BCUT2D eigenvalue weighted by Gasteiger charge is 2.21. The zero-order valence-electron chi connectivity index (χ0n) is 18.4. The van der Waals surface area contributed by atoms with Crippen LogP contribution in [0.3, 0.4) is 0 Å². The van der Waals surface area contributed by atoms with Crippen molar-refractivity contribution < 1.29 is 14.4 Å². The molecule has 0 unspecified atom stereocenters. The second kappa shape index (κ2) is 10.1. The van der Waals surface area contributed by atoms with Crippen molar-refractivity contribution in [3.63, 3.8) is 0 Å². The molecule has 0 atom stereocenters. The number of carbonyl (C=O) groups is 3. The van der Waals surface area contributed by atoms with Crippen LogP contribution in [0.2, 0.25) is 0 Å². The van der Waals surface area contributed by atoms with Crippen molar-refractivity contribution in [2.45, 2.75) is 27.2 Å². The highest BCUT2D eigenvalue weighted by Crippen LogP contribution is 2.21. The maximum Gasteiger partial charge on any atom is 0.244 e. The van der Waals surface area contributed by atoms with Gasteiger partial charge in [0.2, 0.25) is 17.7 Å². The van der Waals surface area contributed by atoms with Gasteiger partial charge in [-0.1, -0.05) is 18.2 Å². The van der Waals surface area contributed by atoms with Gasteiger partial charge in [-0.25, -0.2) is 0 Å². The number of benzene rings is 1. The fraction of sp³-hybridized carbons (Fsp3) is 0.375. The molecule has 1 aromatic carbocycles. The molecular weight excluding hydrogens is 392 g/mol. The molecule has 0 radical (unpaired) electrons. The summed E-state index contributed by atoms with van der Waals surface area (Å²) in [5.74, 6) is -0.187. The fourth-order valence-corrected chi connectivity index (χ4v) is 3.88. The highest BCUT2D eigenvalue weighted by atomic mass is 16.2. The molecule has 1 aliphatic heterocycles. The van der Waals surface area contributed by atoms with Gasteiger partial charge in [0.05, 0.1) is 0 Å². The van der Waals surface area contributed by atoms with E-state index in [1.165, 1.54) is 6.08 Å². The first-order chi connectivity index (χ1) is 14.9. The van der Waals surface area contributed by atoms with Crippen LogP contribution in [-0.4, -0.2) is 64.8 Å². The fourth-order valence-electron chi connectivity index (χ4n) is 3.88. The zero-order chi connectivity index (χ0) is 22.4. The number of amides is 3. The average Bonchev–Trinajstić information content (AvgIpc) is 3.05. The van der Waals surface area contributed by atoms with E-state index in [2.05, 4.69) is 28.1 Å². The third kappa shape index (κ3) is 5.63. The molecule has 1 aliphatic rings. The van der Waals surface area contributed by atoms with Crippen molar-refractivity contribution in [2.24, 2.45) is 0 Å². The van der Waals surface area contributed by atoms with E-state index in [9.17, 15) is 14.4 Å². The van der Waals surface area contributed by atoms with Gasteiger partial charge in [-0.2, -0.15) is 0 Å². The van der Waals surface area contributed by atoms with Gasteiger partial charge in [0, 0.05) is 69.2 Å². The van der Waals surface area contributed by atoms with Crippen LogP contribution in [0.25, 0.3) is 11.8 Å². The molecule has 0 aliphatic carbocycles. The molecule has 0 saturated carbocycles. The lowest BCUT2D eigenvalue weighted by Crippen LogP contribution is -2.50. The normalized spacial score (nSPS) is 14.2. The van der Waals surface area contributed by atoms with E-state index in [1.54, 1.807) is 22.8 Å². The molecule has 1 aromatic heterocycles. The Morgan fingerprint density at radius 3 is 2.29 bits per heavy atom. The van der Waals surface area contributed by atoms with E-state index in [1.807, 2.05) is 32.0 Å². The first-order valence-corrected chi connectivity index (χ1v) is 10.6. The number of aromatic nitrogens is 1. The van der Waals surface area contributed by atoms with Crippen molar-refractivity contribution in [1.82, 2.24) is 19.7 Å². The lowest BCUT2D eigenvalue weighted by molar-refractivity contribution is -0.138. The van der Waals surface area contributed by atoms with E-state index in [0.29, 0.717) is 26.2 Å². The van der Waals surface area contributed by atoms with Crippen LogP contribution >= 0.6 is 0 Å². The first kappa shape index (κ1) is 22.3. The molecule has 1 N–H and O–H groups in total. The molecule has 7 heteroatoms. The maximum atomic E-state index is 12.3. The molecular formula is C24H30N4O3. The Balaban J connectivity index is 1.48. The van der Waals surface area contributed by atoms with Crippen molar-refractivity contribution in [3.8, 4) is 5.69 Å². The van der Waals surface area contributed by atoms with Gasteiger partial charge in [0.25, 0.3) is 0 Å². The molecule has 164 valence electrons. The van der Waals surface area contributed by atoms with E-state index >= 15 is 0 Å². The van der Waals surface area contributed by atoms with Crippen LogP contribution in [0.4, 0.5) is 0 Å². The van der Waals surface area contributed by atoms with Crippen LogP contribution < -0.4 is 5.32 Å². The average molecular weight is 423 g/mol. The van der Waals surface area contributed by atoms with Crippen molar-refractivity contribution in [3.05, 3.63) is 59.4 Å². The minimum Gasteiger partial charge on any atom is -0.352 e. The topological polar surface area (TPSA) is 74.7 Å². The van der Waals surface area contributed by atoms with Crippen molar-refractivity contribution in [1.29, 1.82) is 0 Å². The summed E-state index contributed by atoms with van der Waals surface area (Å²) < 4.78 is 2.15. The van der Waals surface area contributed by atoms with E-state index in [4.69, 9.17) is 0 Å². The Labute approximate surface area is 183 Å². The van der Waals surface area contributed by atoms with Gasteiger partial charge in [0.1, 0.15) is 0 Å². The third-order valence-electron chi connectivity index (χ3n) is 5.61. The molecule has 1 saturated heterocycles. The predicted octanol–water partition coefficient (Wildman–Crippen LogP) is 2.30. The highest BCUT2D eigenvalue weighted by molar-refractivity contribution is 5.92. The van der Waals surface area contributed by atoms with Gasteiger partial charge in [-0.05, 0) is 43.7 Å². The number of aryl methyl sites for hydroxylation is 1. The summed E-state index contributed by atoms with van der Waals surface area (Å²) in [6.45, 7) is 8.13. The molecule has 0 bridgehead atoms. The molecule has 2 aromatic rings. The van der Waals surface area contributed by atoms with Crippen molar-refractivity contribution in [2.75, 3.05) is 32.7 Å². The number of nitrogens with one attached hydrogen (secondary N) is 1. The summed E-state index contributed by atoms with van der Waals surface area (Å²) in [6.07, 6.45) is 3.56. The molecule has 3 amide bonds. The summed E-state index contributed by atoms with van der Waals surface area (Å²) in [7, 11) is 0. The summed E-state index contributed by atoms with van der Waals surface area (Å²) in [5.41, 5.74) is 4.23. The molecule has 31 heavy (non-hydrogen) atoms. The Hall–Kier alpha value is -3.35. The van der Waals surface area contributed by atoms with Crippen LogP contribution in [0.15, 0.2) is 42.5 Å². The van der Waals surface area contributed by atoms with Crippen molar-refractivity contribution >= 4 is 23.8 Å². The monoisotopic (exact) mass is 422 g/mol. The van der Waals surface area contributed by atoms with Gasteiger partial charge in [-0.15, -0.1) is 0 Å². The summed E-state index contributed by atoms with van der Waals surface area (Å²) in [5, 5.41) is 2.78. The van der Waals surface area contributed by atoms with Gasteiger partial charge >= 0.3 is 0 Å². The second-order valence-corrected chi connectivity index (χ2v) is 7.76. The second-order valence-electron chi connectivity index (χ2n) is 7.76. The minimum atomic E-state index is -0.223. The van der Waals surface area contributed by atoms with Gasteiger partial charge in [0.15, 0.2) is 0 Å². The maximum absolute atomic E-state index is 12.3. The van der Waals surface area contributed by atoms with E-state index in [0.717, 1.165) is 22.6 Å². The molecule has 7 nitrogen and oxygen atoms in total. The van der Waals surface area contributed by atoms with Gasteiger partial charge < -0.3 is 19.7 Å². The number of para-hydroxylation sites is 1. The Morgan fingerprint density at radius 2 is 1.65 bits per heavy atom. The quantitative estimate of drug-likeness (QED) is 0.726. The van der Waals surface area contributed by atoms with Crippen LogP contribution in [-0.2, 0) is 14.4 Å². The number of nitrogens with zero attached hydrogens (tertiary/aromatic N) is 3. The summed E-state index contributed by atoms with van der Waals surface area (Å²) in [4.78, 5) is 39.4. The molecule has 2 heterocycles. The molecule has 3 rings (SSSR count). The number of piperazine rings is 1. The largest absolute Gasteiger partial charge is 0.352 e. The number of carbonyl (C=O) groups excluding carboxylic acids is 3.